The van der Waals surface area contributed by atoms with Crippen LogP contribution in [0.3, 0.4) is 0 Å². The van der Waals surface area contributed by atoms with E-state index in [1.54, 1.807) is 6.92 Å². The molecule has 8 nitrogen and oxygen atoms in total. The topological polar surface area (TPSA) is 91.4 Å². The Kier molecular flexibility index (Phi) is 5.09. The summed E-state index contributed by atoms with van der Waals surface area (Å²) in [5.41, 5.74) is -6.37. The highest BCUT2D eigenvalue weighted by atomic mass is 16.7. The highest BCUT2D eigenvalue weighted by molar-refractivity contribution is 6.06. The molecule has 7 rings (SSSR count). The summed E-state index contributed by atoms with van der Waals surface area (Å²) in [6.07, 6.45) is 10.1. The molecule has 38 heavy (non-hydrogen) atoms. The van der Waals surface area contributed by atoms with Crippen LogP contribution in [0.4, 0.5) is 0 Å². The van der Waals surface area contributed by atoms with Crippen molar-refractivity contribution >= 4 is 17.7 Å². The first-order valence-corrected chi connectivity index (χ1v) is 14.0. The molecule has 0 amide bonds. The fourth-order valence-corrected chi connectivity index (χ4v) is 9.10. The third-order valence-electron chi connectivity index (χ3n) is 10.7. The Balaban J connectivity index is 1.57. The molecule has 7 atom stereocenters. The van der Waals surface area contributed by atoms with Gasteiger partial charge < -0.3 is 14.2 Å². The van der Waals surface area contributed by atoms with E-state index >= 15 is 0 Å². The number of nitrogens with zero attached hydrogens (tertiary/aromatic N) is 1. The average Bonchev–Trinajstić information content (AvgIpc) is 3.01. The fraction of sp³-hybridized carbons (Fsp3) is 0.767. The van der Waals surface area contributed by atoms with Gasteiger partial charge in [0.2, 0.25) is 0 Å². The van der Waals surface area contributed by atoms with Gasteiger partial charge in [0.15, 0.2) is 17.0 Å². The van der Waals surface area contributed by atoms with Crippen LogP contribution in [0.1, 0.15) is 81.1 Å². The van der Waals surface area contributed by atoms with Gasteiger partial charge in [-0.3, -0.25) is 14.4 Å². The highest BCUT2D eigenvalue weighted by Crippen LogP contribution is 2.75. The van der Waals surface area contributed by atoms with E-state index < -0.39 is 57.5 Å². The second-order valence-electron chi connectivity index (χ2n) is 14.4. The number of esters is 2. The van der Waals surface area contributed by atoms with Gasteiger partial charge in [-0.05, 0) is 60.3 Å². The SMILES string of the molecule is CC(=O)O[C@]1(C)C(=O)C23C=CC1C[C@@]21O[C@@H]2C(C)(C)C=C[C@H](ON4C(C)(C)CCCC4(C)C)C23COC1=O. The predicted molar refractivity (Wildman–Crippen MR) is 137 cm³/mol. The number of hydroxylamine groups is 2. The van der Waals surface area contributed by atoms with Gasteiger partial charge in [0.05, 0.1) is 11.5 Å². The molecule has 7 aliphatic rings. The predicted octanol–water partition coefficient (Wildman–Crippen LogP) is 4.07. The van der Waals surface area contributed by atoms with Gasteiger partial charge in [-0.15, -0.1) is 0 Å². The largest absolute Gasteiger partial charge is 0.463 e. The number of piperidine rings is 1. The van der Waals surface area contributed by atoms with Crippen molar-refractivity contribution in [3.05, 3.63) is 24.3 Å². The number of hydrogen-bond donors (Lipinski definition) is 0. The number of rotatable bonds is 3. The molecule has 0 aromatic heterocycles. The zero-order chi connectivity index (χ0) is 27.7. The van der Waals surface area contributed by atoms with Crippen LogP contribution in [0.15, 0.2) is 24.3 Å². The first-order valence-electron chi connectivity index (χ1n) is 14.0. The lowest BCUT2D eigenvalue weighted by Crippen LogP contribution is -2.79. The molecule has 0 aromatic carbocycles. The molecule has 4 bridgehead atoms. The Morgan fingerprint density at radius 2 is 1.66 bits per heavy atom. The van der Waals surface area contributed by atoms with Crippen molar-refractivity contribution in [1.82, 2.24) is 5.06 Å². The van der Waals surface area contributed by atoms with Gasteiger partial charge in [0.25, 0.3) is 0 Å². The van der Waals surface area contributed by atoms with E-state index in [1.165, 1.54) is 6.92 Å². The molecule has 2 spiro atoms. The number of Topliss-reactive ketones (excluding diaryl/α,β-unsaturated/α-hetero) is 1. The first-order chi connectivity index (χ1) is 17.5. The van der Waals surface area contributed by atoms with E-state index in [2.05, 4.69) is 52.7 Å². The smallest absolute Gasteiger partial charge is 0.339 e. The van der Waals surface area contributed by atoms with Gasteiger partial charge in [0.1, 0.15) is 18.1 Å². The van der Waals surface area contributed by atoms with Crippen LogP contribution in [-0.2, 0) is 33.4 Å². The summed E-state index contributed by atoms with van der Waals surface area (Å²) in [5, 5.41) is 2.10. The summed E-state index contributed by atoms with van der Waals surface area (Å²) in [6.45, 7) is 15.8. The van der Waals surface area contributed by atoms with Crippen molar-refractivity contribution in [3.63, 3.8) is 0 Å². The standard InChI is InChI=1S/C30H41NO7/c1-18(32)36-27(8)19-10-15-29(21(27)33)28-17-35-23(34)30(29,16-19)37-22(28)24(2,3)14-11-20(28)38-31-25(4,5)12-9-13-26(31,6)7/h10-11,14-15,19-20,22H,9,12-13,16-17H2,1-8H3/t19?,20-,22+,27-,28?,29?,30-/m0/s1. The van der Waals surface area contributed by atoms with Crippen molar-refractivity contribution < 1.29 is 33.4 Å². The van der Waals surface area contributed by atoms with Crippen LogP contribution in [0.5, 0.6) is 0 Å². The molecule has 1 saturated carbocycles. The number of fused-ring (bicyclic) bond motifs is 1. The fourth-order valence-electron chi connectivity index (χ4n) is 9.10. The van der Waals surface area contributed by atoms with Gasteiger partial charge >= 0.3 is 11.9 Å². The van der Waals surface area contributed by atoms with Crippen molar-refractivity contribution in [2.24, 2.45) is 22.2 Å². The van der Waals surface area contributed by atoms with Crippen molar-refractivity contribution in [3.8, 4) is 0 Å². The molecule has 0 radical (unpaired) electrons. The Labute approximate surface area is 225 Å². The molecule has 0 aromatic rings. The molecular weight excluding hydrogens is 486 g/mol. The minimum atomic E-state index is -1.50. The molecule has 0 N–H and O–H groups in total. The number of hydrogen-bond acceptors (Lipinski definition) is 8. The second-order valence-corrected chi connectivity index (χ2v) is 14.4. The number of cyclic esters (lactones) is 1. The van der Waals surface area contributed by atoms with E-state index in [4.69, 9.17) is 19.0 Å². The Morgan fingerprint density at radius 3 is 2.29 bits per heavy atom. The number of carbonyl (C=O) groups excluding carboxylic acids is 3. The third kappa shape index (κ3) is 2.79. The maximum atomic E-state index is 14.8. The molecule has 8 heteroatoms. The Hall–Kier alpha value is -2.03. The normalized spacial score (nSPS) is 47.3. The van der Waals surface area contributed by atoms with Gasteiger partial charge in [-0.2, -0.15) is 5.06 Å². The molecule has 3 unspecified atom stereocenters. The number of ether oxygens (including phenoxy) is 3. The highest BCUT2D eigenvalue weighted by Gasteiger charge is 2.89. The quantitative estimate of drug-likeness (QED) is 0.401. The molecule has 208 valence electrons. The van der Waals surface area contributed by atoms with Crippen molar-refractivity contribution in [1.29, 1.82) is 0 Å². The molecule has 3 aliphatic heterocycles. The number of carbonyl (C=O) groups is 3. The van der Waals surface area contributed by atoms with E-state index in [0.29, 0.717) is 0 Å². The first kappa shape index (κ1) is 26.2. The lowest BCUT2D eigenvalue weighted by molar-refractivity contribution is -0.328. The molecule has 3 saturated heterocycles. The number of ketones is 1. The summed E-state index contributed by atoms with van der Waals surface area (Å²) in [7, 11) is 0. The Morgan fingerprint density at radius 1 is 1.00 bits per heavy atom. The maximum Gasteiger partial charge on any atom is 0.339 e. The third-order valence-corrected chi connectivity index (χ3v) is 10.7. The van der Waals surface area contributed by atoms with E-state index in [-0.39, 0.29) is 29.9 Å². The van der Waals surface area contributed by atoms with Crippen LogP contribution in [-0.4, -0.2) is 63.9 Å². The van der Waals surface area contributed by atoms with Gasteiger partial charge in [0, 0.05) is 29.3 Å². The summed E-state index contributed by atoms with van der Waals surface area (Å²) >= 11 is 0. The van der Waals surface area contributed by atoms with Gasteiger partial charge in [-0.25, -0.2) is 4.79 Å². The van der Waals surface area contributed by atoms with Crippen molar-refractivity contribution in [2.45, 2.75) is 116 Å². The van der Waals surface area contributed by atoms with E-state index in [1.807, 2.05) is 18.2 Å². The van der Waals surface area contributed by atoms with Gasteiger partial charge in [-0.1, -0.05) is 38.2 Å². The van der Waals surface area contributed by atoms with Crippen LogP contribution < -0.4 is 0 Å². The maximum absolute atomic E-state index is 14.8. The zero-order valence-corrected chi connectivity index (χ0v) is 23.9. The van der Waals surface area contributed by atoms with Crippen LogP contribution in [0.2, 0.25) is 0 Å². The Bertz CT molecular complexity index is 1170. The van der Waals surface area contributed by atoms with Crippen LogP contribution >= 0.6 is 0 Å². The van der Waals surface area contributed by atoms with E-state index in [0.717, 1.165) is 19.3 Å². The summed E-state index contributed by atoms with van der Waals surface area (Å²) < 4.78 is 18.6. The summed E-state index contributed by atoms with van der Waals surface area (Å²) in [6, 6.07) is 0. The lowest BCUT2D eigenvalue weighted by atomic mass is 9.40. The minimum absolute atomic E-state index is 0.0255. The molecule has 3 heterocycles. The molecular formula is C30H41NO7. The van der Waals surface area contributed by atoms with Crippen LogP contribution in [0.25, 0.3) is 0 Å². The van der Waals surface area contributed by atoms with Crippen molar-refractivity contribution in [2.75, 3.05) is 6.61 Å². The lowest BCUT2D eigenvalue weighted by Gasteiger charge is -2.64. The minimum Gasteiger partial charge on any atom is -0.463 e. The monoisotopic (exact) mass is 527 g/mol. The zero-order valence-electron chi connectivity index (χ0n) is 23.9. The van der Waals surface area contributed by atoms with Crippen LogP contribution in [0, 0.1) is 22.2 Å². The molecule has 4 aliphatic carbocycles. The second kappa shape index (κ2) is 7.38. The van der Waals surface area contributed by atoms with E-state index in [9.17, 15) is 14.4 Å². The average molecular weight is 528 g/mol. The summed E-state index contributed by atoms with van der Waals surface area (Å²) in [4.78, 5) is 47.8. The molecule has 4 fully saturated rings. The summed E-state index contributed by atoms with van der Waals surface area (Å²) in [5.74, 6) is -1.84.